The van der Waals surface area contributed by atoms with Gasteiger partial charge in [-0.05, 0) is 31.5 Å². The largest absolute Gasteiger partial charge is 0.507 e. The Morgan fingerprint density at radius 2 is 1.85 bits per heavy atom. The van der Waals surface area contributed by atoms with E-state index in [2.05, 4.69) is 15.2 Å². The lowest BCUT2D eigenvalue weighted by Gasteiger charge is -2.08. The van der Waals surface area contributed by atoms with E-state index >= 15 is 0 Å². The summed E-state index contributed by atoms with van der Waals surface area (Å²) in [5.41, 5.74) is 3.22. The van der Waals surface area contributed by atoms with E-state index in [1.54, 1.807) is 25.3 Å². The summed E-state index contributed by atoms with van der Waals surface area (Å²) in [6, 6.07) is 3.21. The van der Waals surface area contributed by atoms with E-state index in [4.69, 9.17) is 0 Å². The van der Waals surface area contributed by atoms with Gasteiger partial charge in [-0.3, -0.25) is 5.10 Å². The summed E-state index contributed by atoms with van der Waals surface area (Å²) < 4.78 is 0. The number of aromatic hydroxyl groups is 2. The second kappa shape index (κ2) is 4.64. The molecular formula is C14H13N3O2S. The number of aromatic amines is 1. The van der Waals surface area contributed by atoms with Gasteiger partial charge in [-0.2, -0.15) is 5.10 Å². The van der Waals surface area contributed by atoms with Gasteiger partial charge in [0.05, 0.1) is 28.2 Å². The maximum atomic E-state index is 10.1. The molecule has 0 fully saturated rings. The molecule has 3 N–H and O–H groups in total. The van der Waals surface area contributed by atoms with Crippen LogP contribution in [0.15, 0.2) is 23.7 Å². The van der Waals surface area contributed by atoms with Gasteiger partial charge in [-0.1, -0.05) is 0 Å². The Labute approximate surface area is 119 Å². The van der Waals surface area contributed by atoms with Crippen molar-refractivity contribution in [3.63, 3.8) is 0 Å². The zero-order chi connectivity index (χ0) is 14.3. The normalized spacial score (nSPS) is 10.9. The third-order valence-electron chi connectivity index (χ3n) is 3.03. The fraction of sp³-hybridized carbons (Fsp3) is 0.143. The van der Waals surface area contributed by atoms with Crippen LogP contribution in [0.2, 0.25) is 0 Å². The van der Waals surface area contributed by atoms with Gasteiger partial charge >= 0.3 is 0 Å². The predicted molar refractivity (Wildman–Crippen MR) is 77.9 cm³/mol. The van der Waals surface area contributed by atoms with Crippen molar-refractivity contribution < 1.29 is 10.2 Å². The van der Waals surface area contributed by atoms with Crippen molar-refractivity contribution in [1.29, 1.82) is 0 Å². The number of nitrogens with one attached hydrogen (secondary N) is 1. The molecule has 0 amide bonds. The zero-order valence-corrected chi connectivity index (χ0v) is 11.8. The molecule has 0 unspecified atom stereocenters. The van der Waals surface area contributed by atoms with Gasteiger partial charge in [-0.25, -0.2) is 4.98 Å². The number of benzene rings is 1. The summed E-state index contributed by atoms with van der Waals surface area (Å²) >= 11 is 1.54. The first kappa shape index (κ1) is 12.7. The average Bonchev–Trinajstić information content (AvgIpc) is 2.96. The number of hydrogen-bond acceptors (Lipinski definition) is 5. The van der Waals surface area contributed by atoms with Gasteiger partial charge in [0.1, 0.15) is 11.5 Å². The lowest BCUT2D eigenvalue weighted by molar-refractivity contribution is 0.453. The topological polar surface area (TPSA) is 82.0 Å². The highest BCUT2D eigenvalue weighted by Crippen LogP contribution is 2.41. The molecule has 2 aromatic heterocycles. The van der Waals surface area contributed by atoms with Crippen LogP contribution in [0.5, 0.6) is 11.5 Å². The summed E-state index contributed by atoms with van der Waals surface area (Å²) in [5, 5.41) is 29.9. The molecule has 0 saturated carbocycles. The lowest BCUT2D eigenvalue weighted by atomic mass is 10.0. The number of nitrogens with zero attached hydrogens (tertiary/aromatic N) is 2. The monoisotopic (exact) mass is 287 g/mol. The molecule has 102 valence electrons. The predicted octanol–water partition coefficient (Wildman–Crippen LogP) is 3.23. The average molecular weight is 287 g/mol. The summed E-state index contributed by atoms with van der Waals surface area (Å²) in [5.74, 6) is 0.0277. The quantitative estimate of drug-likeness (QED) is 0.676. The van der Waals surface area contributed by atoms with Crippen molar-refractivity contribution in [2.24, 2.45) is 0 Å². The summed E-state index contributed by atoms with van der Waals surface area (Å²) in [4.78, 5) is 4.41. The van der Waals surface area contributed by atoms with E-state index in [0.717, 1.165) is 21.8 Å². The minimum absolute atomic E-state index is 0.0138. The van der Waals surface area contributed by atoms with E-state index in [1.807, 2.05) is 12.3 Å². The van der Waals surface area contributed by atoms with E-state index in [-0.39, 0.29) is 11.5 Å². The molecule has 0 spiro atoms. The number of rotatable bonds is 2. The number of thiazole rings is 1. The first-order chi connectivity index (χ1) is 9.56. The Bertz CT molecular complexity index is 753. The van der Waals surface area contributed by atoms with Crippen molar-refractivity contribution in [3.05, 3.63) is 34.3 Å². The second-order valence-corrected chi connectivity index (χ2v) is 5.65. The van der Waals surface area contributed by atoms with Gasteiger partial charge in [-0.15, -0.1) is 11.3 Å². The Morgan fingerprint density at radius 1 is 1.15 bits per heavy atom. The van der Waals surface area contributed by atoms with Crippen LogP contribution in [0.4, 0.5) is 0 Å². The van der Waals surface area contributed by atoms with E-state index in [9.17, 15) is 10.2 Å². The van der Waals surface area contributed by atoms with Crippen LogP contribution in [0, 0.1) is 13.8 Å². The number of hydrogen-bond donors (Lipinski definition) is 3. The van der Waals surface area contributed by atoms with Crippen molar-refractivity contribution in [2.45, 2.75) is 13.8 Å². The van der Waals surface area contributed by atoms with Crippen LogP contribution in [0.1, 0.15) is 10.6 Å². The van der Waals surface area contributed by atoms with Crippen LogP contribution >= 0.6 is 11.3 Å². The van der Waals surface area contributed by atoms with Gasteiger partial charge in [0.15, 0.2) is 0 Å². The highest BCUT2D eigenvalue weighted by molar-refractivity contribution is 7.09. The maximum absolute atomic E-state index is 10.1. The van der Waals surface area contributed by atoms with Crippen LogP contribution in [0.3, 0.4) is 0 Å². The van der Waals surface area contributed by atoms with E-state index in [1.165, 1.54) is 11.3 Å². The zero-order valence-electron chi connectivity index (χ0n) is 11.0. The second-order valence-electron chi connectivity index (χ2n) is 4.59. The summed E-state index contributed by atoms with van der Waals surface area (Å²) in [6.45, 7) is 3.73. The Morgan fingerprint density at radius 3 is 2.45 bits per heavy atom. The lowest BCUT2D eigenvalue weighted by Crippen LogP contribution is -1.87. The molecular weight excluding hydrogens is 274 g/mol. The van der Waals surface area contributed by atoms with Crippen LogP contribution in [-0.4, -0.2) is 25.4 Å². The fourth-order valence-electron chi connectivity index (χ4n) is 2.16. The molecule has 20 heavy (non-hydrogen) atoms. The van der Waals surface area contributed by atoms with Crippen molar-refractivity contribution >= 4 is 11.3 Å². The van der Waals surface area contributed by atoms with Gasteiger partial charge < -0.3 is 10.2 Å². The third-order valence-corrected chi connectivity index (χ3v) is 3.80. The van der Waals surface area contributed by atoms with Crippen molar-refractivity contribution in [3.8, 4) is 34.0 Å². The fourth-order valence-corrected chi connectivity index (χ4v) is 2.78. The van der Waals surface area contributed by atoms with Gasteiger partial charge in [0.2, 0.25) is 0 Å². The first-order valence-electron chi connectivity index (χ1n) is 6.05. The highest BCUT2D eigenvalue weighted by atomic mass is 32.1. The minimum atomic E-state index is 0.0138. The Kier molecular flexibility index (Phi) is 2.94. The van der Waals surface area contributed by atoms with Crippen molar-refractivity contribution in [1.82, 2.24) is 15.2 Å². The van der Waals surface area contributed by atoms with Crippen molar-refractivity contribution in [2.75, 3.05) is 0 Å². The molecule has 3 aromatic rings. The van der Waals surface area contributed by atoms with Crippen LogP contribution in [0.25, 0.3) is 22.5 Å². The molecule has 0 bridgehead atoms. The standard InChI is InChI=1S/C14H13N3O2S/c1-7-3-11(18)13(12(19)4-7)14-9(5-15-17-14)10-6-20-8(2)16-10/h3-6,18-19H,1-2H3,(H,15,17). The third kappa shape index (κ3) is 2.04. The van der Waals surface area contributed by atoms with Crippen LogP contribution in [-0.2, 0) is 0 Å². The molecule has 0 atom stereocenters. The molecule has 5 nitrogen and oxygen atoms in total. The van der Waals surface area contributed by atoms with Gasteiger partial charge in [0.25, 0.3) is 0 Å². The molecule has 1 aromatic carbocycles. The Balaban J connectivity index is 2.20. The molecule has 0 aliphatic carbocycles. The molecule has 0 saturated heterocycles. The number of H-pyrrole nitrogens is 1. The first-order valence-corrected chi connectivity index (χ1v) is 6.93. The number of aromatic nitrogens is 3. The number of phenols is 2. The molecule has 0 radical (unpaired) electrons. The molecule has 3 rings (SSSR count). The smallest absolute Gasteiger partial charge is 0.128 e. The highest BCUT2D eigenvalue weighted by Gasteiger charge is 2.19. The molecule has 2 heterocycles. The van der Waals surface area contributed by atoms with E-state index in [0.29, 0.717) is 11.3 Å². The van der Waals surface area contributed by atoms with Gasteiger partial charge in [0, 0.05) is 10.9 Å². The summed E-state index contributed by atoms with van der Waals surface area (Å²) in [6.07, 6.45) is 1.64. The SMILES string of the molecule is Cc1cc(O)c(-c2[nH]ncc2-c2csc(C)n2)c(O)c1. The van der Waals surface area contributed by atoms with E-state index < -0.39 is 0 Å². The molecule has 0 aliphatic rings. The minimum Gasteiger partial charge on any atom is -0.507 e. The maximum Gasteiger partial charge on any atom is 0.128 e. The molecule has 6 heteroatoms. The Hall–Kier alpha value is -2.34. The van der Waals surface area contributed by atoms with Crippen LogP contribution < -0.4 is 0 Å². The number of aryl methyl sites for hydroxylation is 2. The summed E-state index contributed by atoms with van der Waals surface area (Å²) in [7, 11) is 0. The number of phenolic OH excluding ortho intramolecular Hbond substituents is 2. The molecule has 0 aliphatic heterocycles.